The van der Waals surface area contributed by atoms with Crippen LogP contribution in [-0.4, -0.2) is 27.4 Å². The Balaban J connectivity index is 0.00000192. The van der Waals surface area contributed by atoms with Crippen molar-refractivity contribution < 1.29 is 9.32 Å². The second-order valence-electron chi connectivity index (χ2n) is 5.61. The molecule has 0 aromatic carbocycles. The monoisotopic (exact) mass is 339 g/mol. The summed E-state index contributed by atoms with van der Waals surface area (Å²) in [7, 11) is 0. The molecule has 0 saturated carbocycles. The fourth-order valence-electron chi connectivity index (χ4n) is 2.71. The van der Waals surface area contributed by atoms with Gasteiger partial charge in [0, 0.05) is 25.1 Å². The van der Waals surface area contributed by atoms with Crippen molar-refractivity contribution >= 4 is 18.3 Å². The molecule has 0 bridgehead atoms. The van der Waals surface area contributed by atoms with Crippen molar-refractivity contribution in [3.05, 3.63) is 34.5 Å². The Morgan fingerprint density at radius 1 is 1.48 bits per heavy atom. The molecule has 2 aromatic rings. The molecule has 0 atom stereocenters. The predicted octanol–water partition coefficient (Wildman–Crippen LogP) is 1.26. The first-order chi connectivity index (χ1) is 10.6. The molecule has 0 unspecified atom stereocenters. The van der Waals surface area contributed by atoms with Crippen LogP contribution < -0.4 is 10.6 Å². The number of aryl methyl sites for hydroxylation is 2. The number of nitrogens with zero attached hydrogens (tertiary/aromatic N) is 3. The molecule has 126 valence electrons. The van der Waals surface area contributed by atoms with Crippen LogP contribution in [0.4, 0.5) is 0 Å². The summed E-state index contributed by atoms with van der Waals surface area (Å²) in [6.07, 6.45) is 1.08. The Labute approximate surface area is 141 Å². The fraction of sp³-hybridized carbons (Fsp3) is 0.533. The second-order valence-corrected chi connectivity index (χ2v) is 5.61. The standard InChI is InChI=1S/C15H21N5O2.ClH/c1-10-14(11(2)22-19-10)3-4-15(21)17-8-12-7-13-9-16-5-6-20(13)18-12;/h7,16H,3-6,8-9H2,1-2H3,(H,17,21);1H. The van der Waals surface area contributed by atoms with E-state index < -0.39 is 0 Å². The molecular formula is C15H22ClN5O2. The van der Waals surface area contributed by atoms with Crippen LogP contribution in [-0.2, 0) is 30.8 Å². The lowest BCUT2D eigenvalue weighted by molar-refractivity contribution is -0.121. The molecule has 0 spiro atoms. The number of hydrogen-bond acceptors (Lipinski definition) is 5. The van der Waals surface area contributed by atoms with Gasteiger partial charge in [0.05, 0.1) is 30.2 Å². The molecule has 2 aromatic heterocycles. The van der Waals surface area contributed by atoms with Gasteiger partial charge in [0.15, 0.2) is 0 Å². The van der Waals surface area contributed by atoms with Crippen molar-refractivity contribution in [1.82, 2.24) is 25.6 Å². The van der Waals surface area contributed by atoms with Crippen LogP contribution in [0.15, 0.2) is 10.6 Å². The third-order valence-electron chi connectivity index (χ3n) is 3.97. The van der Waals surface area contributed by atoms with Gasteiger partial charge >= 0.3 is 0 Å². The summed E-state index contributed by atoms with van der Waals surface area (Å²) in [5.41, 5.74) is 3.97. The highest BCUT2D eigenvalue weighted by molar-refractivity contribution is 5.85. The second kappa shape index (κ2) is 7.61. The highest BCUT2D eigenvalue weighted by atomic mass is 35.5. The molecule has 2 N–H and O–H groups in total. The average Bonchev–Trinajstić information content (AvgIpc) is 3.07. The van der Waals surface area contributed by atoms with Crippen LogP contribution >= 0.6 is 12.4 Å². The summed E-state index contributed by atoms with van der Waals surface area (Å²) in [6, 6.07) is 2.04. The van der Waals surface area contributed by atoms with Gasteiger partial charge in [0.25, 0.3) is 0 Å². The summed E-state index contributed by atoms with van der Waals surface area (Å²) in [6.45, 7) is 6.91. The lowest BCUT2D eigenvalue weighted by Crippen LogP contribution is -2.28. The zero-order chi connectivity index (χ0) is 15.5. The molecule has 0 aliphatic carbocycles. The number of carbonyl (C=O) groups excluding carboxylic acids is 1. The van der Waals surface area contributed by atoms with Crippen molar-refractivity contribution in [2.75, 3.05) is 6.54 Å². The summed E-state index contributed by atoms with van der Waals surface area (Å²) in [4.78, 5) is 12.0. The van der Waals surface area contributed by atoms with Gasteiger partial charge in [-0.3, -0.25) is 9.48 Å². The number of hydrogen-bond donors (Lipinski definition) is 2. The van der Waals surface area contributed by atoms with Crippen molar-refractivity contribution in [2.24, 2.45) is 0 Å². The van der Waals surface area contributed by atoms with Crippen LogP contribution in [0.5, 0.6) is 0 Å². The molecule has 3 rings (SSSR count). The Kier molecular flexibility index (Phi) is 5.79. The first-order valence-corrected chi connectivity index (χ1v) is 7.58. The minimum atomic E-state index is 0. The first kappa shape index (κ1) is 17.5. The molecule has 1 aliphatic rings. The van der Waals surface area contributed by atoms with Crippen LogP contribution in [0.3, 0.4) is 0 Å². The first-order valence-electron chi connectivity index (χ1n) is 7.58. The number of fused-ring (bicyclic) bond motifs is 1. The summed E-state index contributed by atoms with van der Waals surface area (Å²) in [5, 5.41) is 14.6. The minimum Gasteiger partial charge on any atom is -0.361 e. The third-order valence-corrected chi connectivity index (χ3v) is 3.97. The van der Waals surface area contributed by atoms with E-state index in [-0.39, 0.29) is 18.3 Å². The van der Waals surface area contributed by atoms with E-state index in [0.29, 0.717) is 19.4 Å². The van der Waals surface area contributed by atoms with E-state index in [2.05, 4.69) is 20.9 Å². The normalized spacial score (nSPS) is 13.3. The van der Waals surface area contributed by atoms with Gasteiger partial charge in [-0.05, 0) is 26.3 Å². The SMILES string of the molecule is Cc1noc(C)c1CCC(=O)NCc1cc2n(n1)CCNC2.Cl. The van der Waals surface area contributed by atoms with E-state index >= 15 is 0 Å². The summed E-state index contributed by atoms with van der Waals surface area (Å²) in [5.74, 6) is 0.809. The summed E-state index contributed by atoms with van der Waals surface area (Å²) >= 11 is 0. The molecule has 0 fully saturated rings. The zero-order valence-electron chi connectivity index (χ0n) is 13.4. The van der Waals surface area contributed by atoms with Gasteiger partial charge in [-0.2, -0.15) is 5.10 Å². The van der Waals surface area contributed by atoms with Gasteiger partial charge in [-0.15, -0.1) is 12.4 Å². The lowest BCUT2D eigenvalue weighted by Gasteiger charge is -2.13. The molecular weight excluding hydrogens is 318 g/mol. The molecule has 3 heterocycles. The van der Waals surface area contributed by atoms with E-state index in [1.54, 1.807) is 0 Å². The Hall–Kier alpha value is -1.86. The highest BCUT2D eigenvalue weighted by Crippen LogP contribution is 2.14. The zero-order valence-corrected chi connectivity index (χ0v) is 14.2. The quantitative estimate of drug-likeness (QED) is 0.856. The average molecular weight is 340 g/mol. The Bertz CT molecular complexity index is 636. The highest BCUT2D eigenvalue weighted by Gasteiger charge is 2.13. The fourth-order valence-corrected chi connectivity index (χ4v) is 2.71. The number of amides is 1. The number of rotatable bonds is 5. The maximum absolute atomic E-state index is 12.0. The van der Waals surface area contributed by atoms with Gasteiger partial charge in [-0.1, -0.05) is 5.16 Å². The van der Waals surface area contributed by atoms with Crippen molar-refractivity contribution in [3.63, 3.8) is 0 Å². The Morgan fingerprint density at radius 3 is 3.00 bits per heavy atom. The number of nitrogens with one attached hydrogen (secondary N) is 2. The van der Waals surface area contributed by atoms with E-state index in [1.165, 1.54) is 5.69 Å². The van der Waals surface area contributed by atoms with E-state index in [0.717, 1.165) is 42.3 Å². The van der Waals surface area contributed by atoms with Crippen LogP contribution in [0, 0.1) is 13.8 Å². The predicted molar refractivity (Wildman–Crippen MR) is 87.3 cm³/mol. The van der Waals surface area contributed by atoms with Crippen LogP contribution in [0.2, 0.25) is 0 Å². The van der Waals surface area contributed by atoms with Crippen LogP contribution in [0.25, 0.3) is 0 Å². The van der Waals surface area contributed by atoms with Crippen molar-refractivity contribution in [2.45, 2.75) is 46.3 Å². The number of halogens is 1. The van der Waals surface area contributed by atoms with E-state index in [4.69, 9.17) is 4.52 Å². The summed E-state index contributed by atoms with van der Waals surface area (Å²) < 4.78 is 7.10. The smallest absolute Gasteiger partial charge is 0.220 e. The third kappa shape index (κ3) is 4.11. The molecule has 0 radical (unpaired) electrons. The van der Waals surface area contributed by atoms with Crippen molar-refractivity contribution in [1.29, 1.82) is 0 Å². The molecule has 8 heteroatoms. The van der Waals surface area contributed by atoms with Gasteiger partial charge < -0.3 is 15.2 Å². The largest absolute Gasteiger partial charge is 0.361 e. The molecule has 1 aliphatic heterocycles. The van der Waals surface area contributed by atoms with Gasteiger partial charge in [0.1, 0.15) is 5.76 Å². The minimum absolute atomic E-state index is 0. The molecule has 1 amide bonds. The topological polar surface area (TPSA) is 85.0 Å². The molecule has 23 heavy (non-hydrogen) atoms. The lowest BCUT2D eigenvalue weighted by atomic mass is 10.1. The maximum atomic E-state index is 12.0. The van der Waals surface area contributed by atoms with Gasteiger partial charge in [0.2, 0.25) is 5.91 Å². The Morgan fingerprint density at radius 2 is 2.30 bits per heavy atom. The van der Waals surface area contributed by atoms with Crippen molar-refractivity contribution in [3.8, 4) is 0 Å². The van der Waals surface area contributed by atoms with E-state index in [1.807, 2.05) is 24.6 Å². The molecule has 7 nitrogen and oxygen atoms in total. The van der Waals surface area contributed by atoms with Gasteiger partial charge in [-0.25, -0.2) is 0 Å². The number of aromatic nitrogens is 3. The molecule has 0 saturated heterocycles. The number of carbonyl (C=O) groups is 1. The van der Waals surface area contributed by atoms with E-state index in [9.17, 15) is 4.79 Å². The maximum Gasteiger partial charge on any atom is 0.220 e. The van der Waals surface area contributed by atoms with Crippen LogP contribution in [0.1, 0.15) is 34.8 Å².